The zero-order valence-electron chi connectivity index (χ0n) is 12.6. The van der Waals surface area contributed by atoms with Gasteiger partial charge in [-0.25, -0.2) is 0 Å². The highest BCUT2D eigenvalue weighted by molar-refractivity contribution is 6.30. The van der Waals surface area contributed by atoms with Gasteiger partial charge in [0, 0.05) is 11.6 Å². The van der Waals surface area contributed by atoms with E-state index in [2.05, 4.69) is 37.4 Å². The Balaban J connectivity index is 2.13. The summed E-state index contributed by atoms with van der Waals surface area (Å²) in [5.74, 6) is 0. The summed E-state index contributed by atoms with van der Waals surface area (Å²) in [5.41, 5.74) is 2.28. The van der Waals surface area contributed by atoms with Crippen molar-refractivity contribution in [3.8, 4) is 0 Å². The molecule has 2 atom stereocenters. The van der Waals surface area contributed by atoms with E-state index < -0.39 is 0 Å². The van der Waals surface area contributed by atoms with Gasteiger partial charge in [-0.2, -0.15) is 0 Å². The SMILES string of the molecule is CCNCC(OC(C)c1ccccc1)c1cccc(Cl)c1. The molecule has 0 saturated carbocycles. The fraction of sp³-hybridized carbons (Fsp3) is 0.333. The molecular weight excluding hydrogens is 282 g/mol. The Bertz CT molecular complexity index is 544. The van der Waals surface area contributed by atoms with Crippen LogP contribution in [0.25, 0.3) is 0 Å². The molecule has 0 saturated heterocycles. The van der Waals surface area contributed by atoms with Gasteiger partial charge in [0.2, 0.25) is 0 Å². The van der Waals surface area contributed by atoms with Crippen LogP contribution in [0.2, 0.25) is 5.02 Å². The van der Waals surface area contributed by atoms with Crippen LogP contribution in [0, 0.1) is 0 Å². The lowest BCUT2D eigenvalue weighted by Gasteiger charge is -2.23. The fourth-order valence-electron chi connectivity index (χ4n) is 2.28. The summed E-state index contributed by atoms with van der Waals surface area (Å²) in [5, 5.41) is 4.10. The van der Waals surface area contributed by atoms with Crippen molar-refractivity contribution in [3.05, 3.63) is 70.7 Å². The van der Waals surface area contributed by atoms with Gasteiger partial charge in [0.05, 0.1) is 12.2 Å². The van der Waals surface area contributed by atoms with Crippen LogP contribution >= 0.6 is 11.6 Å². The lowest BCUT2D eigenvalue weighted by Crippen LogP contribution is -2.24. The van der Waals surface area contributed by atoms with Crippen molar-refractivity contribution in [2.24, 2.45) is 0 Å². The largest absolute Gasteiger partial charge is 0.365 e. The predicted octanol–water partition coefficient (Wildman–Crippen LogP) is 4.77. The van der Waals surface area contributed by atoms with Gasteiger partial charge in [-0.15, -0.1) is 0 Å². The minimum Gasteiger partial charge on any atom is -0.365 e. The number of rotatable bonds is 7. The van der Waals surface area contributed by atoms with Gasteiger partial charge in [-0.1, -0.05) is 61.0 Å². The first-order valence-corrected chi connectivity index (χ1v) is 7.75. The summed E-state index contributed by atoms with van der Waals surface area (Å²) < 4.78 is 6.26. The summed E-state index contributed by atoms with van der Waals surface area (Å²) in [4.78, 5) is 0. The number of nitrogens with one attached hydrogen (secondary N) is 1. The maximum absolute atomic E-state index is 6.26. The zero-order chi connectivity index (χ0) is 15.1. The second-order valence-corrected chi connectivity index (χ2v) is 5.48. The maximum atomic E-state index is 6.26. The van der Waals surface area contributed by atoms with Gasteiger partial charge in [0.15, 0.2) is 0 Å². The Morgan fingerprint density at radius 2 is 1.76 bits per heavy atom. The van der Waals surface area contributed by atoms with Crippen molar-refractivity contribution in [1.29, 1.82) is 0 Å². The molecule has 112 valence electrons. The number of benzene rings is 2. The van der Waals surface area contributed by atoms with Gasteiger partial charge >= 0.3 is 0 Å². The van der Waals surface area contributed by atoms with Crippen LogP contribution in [0.5, 0.6) is 0 Å². The summed E-state index contributed by atoms with van der Waals surface area (Å²) in [6.45, 7) is 5.86. The lowest BCUT2D eigenvalue weighted by molar-refractivity contribution is -0.00409. The number of likely N-dealkylation sites (N-methyl/N-ethyl adjacent to an activating group) is 1. The van der Waals surface area contributed by atoms with Crippen molar-refractivity contribution >= 4 is 11.6 Å². The van der Waals surface area contributed by atoms with Gasteiger partial charge in [-0.3, -0.25) is 0 Å². The highest BCUT2D eigenvalue weighted by atomic mass is 35.5. The molecule has 21 heavy (non-hydrogen) atoms. The molecule has 0 spiro atoms. The van der Waals surface area contributed by atoms with Crippen LogP contribution in [-0.2, 0) is 4.74 Å². The van der Waals surface area contributed by atoms with E-state index in [9.17, 15) is 0 Å². The quantitative estimate of drug-likeness (QED) is 0.795. The first-order valence-electron chi connectivity index (χ1n) is 7.37. The Morgan fingerprint density at radius 1 is 1.05 bits per heavy atom. The zero-order valence-corrected chi connectivity index (χ0v) is 13.3. The van der Waals surface area contributed by atoms with E-state index in [0.717, 1.165) is 23.7 Å². The molecule has 0 radical (unpaired) electrons. The van der Waals surface area contributed by atoms with E-state index >= 15 is 0 Å². The first-order chi connectivity index (χ1) is 10.2. The Labute approximate surface area is 132 Å². The van der Waals surface area contributed by atoms with Crippen LogP contribution in [-0.4, -0.2) is 13.1 Å². The second-order valence-electron chi connectivity index (χ2n) is 5.04. The number of hydrogen-bond acceptors (Lipinski definition) is 2. The Morgan fingerprint density at radius 3 is 2.43 bits per heavy atom. The topological polar surface area (TPSA) is 21.3 Å². The molecule has 3 heteroatoms. The summed E-state index contributed by atoms with van der Waals surface area (Å²) >= 11 is 6.10. The van der Waals surface area contributed by atoms with Crippen molar-refractivity contribution in [2.45, 2.75) is 26.1 Å². The summed E-state index contributed by atoms with van der Waals surface area (Å²) in [6, 6.07) is 18.2. The van der Waals surface area contributed by atoms with E-state index in [4.69, 9.17) is 16.3 Å². The van der Waals surface area contributed by atoms with Gasteiger partial charge in [0.25, 0.3) is 0 Å². The average Bonchev–Trinajstić information content (AvgIpc) is 2.52. The van der Waals surface area contributed by atoms with E-state index in [-0.39, 0.29) is 12.2 Å². The van der Waals surface area contributed by atoms with E-state index in [0.29, 0.717) is 0 Å². The molecule has 0 aliphatic carbocycles. The molecule has 0 aliphatic heterocycles. The Hall–Kier alpha value is -1.35. The van der Waals surface area contributed by atoms with Gasteiger partial charge < -0.3 is 10.1 Å². The maximum Gasteiger partial charge on any atom is 0.0957 e. The molecule has 0 aromatic heterocycles. The molecule has 2 unspecified atom stereocenters. The van der Waals surface area contributed by atoms with Crippen LogP contribution in [0.1, 0.15) is 37.2 Å². The fourth-order valence-corrected chi connectivity index (χ4v) is 2.47. The number of ether oxygens (including phenoxy) is 1. The standard InChI is InChI=1S/C18H22ClNO/c1-3-20-13-18(16-10-7-11-17(19)12-16)21-14(2)15-8-5-4-6-9-15/h4-12,14,18,20H,3,13H2,1-2H3. The van der Waals surface area contributed by atoms with Crippen molar-refractivity contribution in [2.75, 3.05) is 13.1 Å². The van der Waals surface area contributed by atoms with Crippen molar-refractivity contribution in [3.63, 3.8) is 0 Å². The second kappa shape index (κ2) is 8.18. The third-order valence-electron chi connectivity index (χ3n) is 3.44. The highest BCUT2D eigenvalue weighted by Gasteiger charge is 2.16. The third kappa shape index (κ3) is 4.85. The molecule has 0 bridgehead atoms. The van der Waals surface area contributed by atoms with Crippen LogP contribution in [0.3, 0.4) is 0 Å². The monoisotopic (exact) mass is 303 g/mol. The minimum absolute atomic E-state index is 0.0149. The van der Waals surface area contributed by atoms with E-state index in [1.54, 1.807) is 0 Å². The van der Waals surface area contributed by atoms with Crippen molar-refractivity contribution < 1.29 is 4.74 Å². The van der Waals surface area contributed by atoms with Crippen molar-refractivity contribution in [1.82, 2.24) is 5.32 Å². The first kappa shape index (κ1) is 16.0. The molecule has 0 aliphatic rings. The molecule has 2 aromatic rings. The normalized spacial score (nSPS) is 13.9. The molecule has 2 rings (SSSR count). The molecule has 2 aromatic carbocycles. The van der Waals surface area contributed by atoms with Crippen LogP contribution < -0.4 is 5.32 Å². The molecule has 1 N–H and O–H groups in total. The van der Waals surface area contributed by atoms with Gasteiger partial charge in [-0.05, 0) is 36.7 Å². The molecule has 2 nitrogen and oxygen atoms in total. The van der Waals surface area contributed by atoms with Crippen LogP contribution in [0.15, 0.2) is 54.6 Å². The smallest absolute Gasteiger partial charge is 0.0957 e. The number of halogens is 1. The molecule has 0 amide bonds. The minimum atomic E-state index is -0.0149. The van der Waals surface area contributed by atoms with E-state index in [1.165, 1.54) is 5.56 Å². The van der Waals surface area contributed by atoms with E-state index in [1.807, 2.05) is 36.4 Å². The summed E-state index contributed by atoms with van der Waals surface area (Å²) in [6.07, 6.45) is 0.0210. The lowest BCUT2D eigenvalue weighted by atomic mass is 10.1. The Kier molecular flexibility index (Phi) is 6.24. The van der Waals surface area contributed by atoms with Gasteiger partial charge in [0.1, 0.15) is 0 Å². The molecule has 0 fully saturated rings. The average molecular weight is 304 g/mol. The molecule has 0 heterocycles. The summed E-state index contributed by atoms with van der Waals surface area (Å²) in [7, 11) is 0. The number of hydrogen-bond donors (Lipinski definition) is 1. The molecular formula is C18H22ClNO. The third-order valence-corrected chi connectivity index (χ3v) is 3.67. The predicted molar refractivity (Wildman–Crippen MR) is 88.7 cm³/mol. The van der Waals surface area contributed by atoms with Crippen LogP contribution in [0.4, 0.5) is 0 Å². The highest BCUT2D eigenvalue weighted by Crippen LogP contribution is 2.27.